The van der Waals surface area contributed by atoms with Crippen LogP contribution in [0.4, 0.5) is 5.69 Å². The summed E-state index contributed by atoms with van der Waals surface area (Å²) in [7, 11) is -3.95. The number of anilines is 1. The van der Waals surface area contributed by atoms with Crippen molar-refractivity contribution >= 4 is 61.4 Å². The molecule has 2 heterocycles. The fourth-order valence-corrected chi connectivity index (χ4v) is 5.40. The Hall–Kier alpha value is -2.38. The van der Waals surface area contributed by atoms with Gasteiger partial charge in [-0.25, -0.2) is 0 Å². The highest BCUT2D eigenvalue weighted by atomic mass is 127. The number of fused-ring (bicyclic) bond motifs is 1. The molecule has 0 radical (unpaired) electrons. The lowest BCUT2D eigenvalue weighted by molar-refractivity contribution is -0.114. The summed E-state index contributed by atoms with van der Waals surface area (Å²) in [6, 6.07) is 14.5. The van der Waals surface area contributed by atoms with E-state index in [1.54, 1.807) is 17.6 Å². The summed E-state index contributed by atoms with van der Waals surface area (Å²) in [4.78, 5) is 12.7. The molecule has 0 saturated heterocycles. The Kier molecular flexibility index (Phi) is 5.61. The Morgan fingerprint density at radius 3 is 2.72 bits per heavy atom. The molecule has 0 saturated carbocycles. The summed E-state index contributed by atoms with van der Waals surface area (Å²) in [6.07, 6.45) is 0. The number of nitrogens with one attached hydrogen (secondary N) is 2. The van der Waals surface area contributed by atoms with Gasteiger partial charge in [0.05, 0.1) is 11.6 Å². The maximum atomic E-state index is 12.7. The quantitative estimate of drug-likeness (QED) is 0.482. The second-order valence-electron chi connectivity index (χ2n) is 6.13. The van der Waals surface area contributed by atoms with Gasteiger partial charge in [0.1, 0.15) is 15.4 Å². The van der Waals surface area contributed by atoms with Gasteiger partial charge in [0, 0.05) is 10.1 Å². The highest BCUT2D eigenvalue weighted by molar-refractivity contribution is 14.1. The number of carbonyl (C=O) groups excluding carboxylic acids is 1. The molecule has 8 nitrogen and oxygen atoms in total. The minimum atomic E-state index is -3.95. The molecule has 4 rings (SSSR count). The summed E-state index contributed by atoms with van der Waals surface area (Å²) in [6.45, 7) is 0.221. The smallest absolute Gasteiger partial charge is 0.287 e. The van der Waals surface area contributed by atoms with Gasteiger partial charge in [-0.05, 0) is 46.4 Å². The molecule has 1 unspecified atom stereocenters. The number of hydrogen-bond donors (Lipinski definition) is 2. The Morgan fingerprint density at radius 1 is 1.21 bits per heavy atom. The van der Waals surface area contributed by atoms with Crippen molar-refractivity contribution < 1.29 is 13.2 Å². The molecule has 2 N–H and O–H groups in total. The lowest BCUT2D eigenvalue weighted by atomic mass is 10.00. The zero-order chi connectivity index (χ0) is 20.4. The fraction of sp³-hybridized carbons (Fsp3) is 0.111. The number of hydrogen-bond acceptors (Lipinski definition) is 7. The maximum absolute atomic E-state index is 12.7. The molecule has 0 fully saturated rings. The van der Waals surface area contributed by atoms with Crippen molar-refractivity contribution in [2.75, 3.05) is 11.9 Å². The molecule has 3 aromatic rings. The number of nitrogens with zero attached hydrogens (tertiary/aromatic N) is 3. The van der Waals surface area contributed by atoms with E-state index in [4.69, 9.17) is 0 Å². The van der Waals surface area contributed by atoms with E-state index in [0.29, 0.717) is 5.69 Å². The maximum Gasteiger partial charge on any atom is 0.287 e. The Morgan fingerprint density at radius 2 is 2.00 bits per heavy atom. The Balaban J connectivity index is 1.55. The number of rotatable bonds is 5. The molecule has 1 aliphatic rings. The molecule has 1 aliphatic heterocycles. The second-order valence-corrected chi connectivity index (χ2v) is 9.81. The van der Waals surface area contributed by atoms with E-state index in [0.717, 1.165) is 14.1 Å². The fourth-order valence-electron chi connectivity index (χ4n) is 2.88. The molecular weight excluding hydrogens is 525 g/mol. The molecule has 1 atom stereocenters. The molecular formula is C18H14IN5O3S2. The highest BCUT2D eigenvalue weighted by Crippen LogP contribution is 2.29. The normalized spacial score (nSPS) is 15.6. The number of sulfonamides is 1. The third kappa shape index (κ3) is 4.31. The van der Waals surface area contributed by atoms with Crippen molar-refractivity contribution in [2.24, 2.45) is 4.40 Å². The van der Waals surface area contributed by atoms with E-state index in [1.165, 1.54) is 17.4 Å². The monoisotopic (exact) mass is 539 g/mol. The number of aromatic nitrogens is 2. The molecule has 0 aliphatic carbocycles. The summed E-state index contributed by atoms with van der Waals surface area (Å²) in [5.41, 5.74) is 2.93. The first kappa shape index (κ1) is 19.9. The topological polar surface area (TPSA) is 113 Å². The number of amides is 1. The molecule has 2 aromatic carbocycles. The van der Waals surface area contributed by atoms with Crippen LogP contribution in [-0.2, 0) is 14.8 Å². The Labute approximate surface area is 184 Å². The van der Waals surface area contributed by atoms with Crippen LogP contribution in [0.15, 0.2) is 63.3 Å². The predicted molar refractivity (Wildman–Crippen MR) is 119 cm³/mol. The summed E-state index contributed by atoms with van der Waals surface area (Å²) < 4.78 is 29.3. The van der Waals surface area contributed by atoms with Crippen LogP contribution in [0.1, 0.15) is 16.5 Å². The largest absolute Gasteiger partial charge is 0.348 e. The van der Waals surface area contributed by atoms with E-state index in [9.17, 15) is 13.2 Å². The van der Waals surface area contributed by atoms with Crippen molar-refractivity contribution in [3.05, 3.63) is 68.2 Å². The zero-order valence-electron chi connectivity index (χ0n) is 14.7. The summed E-state index contributed by atoms with van der Waals surface area (Å²) in [5.74, 6) is -1.08. The van der Waals surface area contributed by atoms with Crippen LogP contribution in [0.3, 0.4) is 0 Å². The van der Waals surface area contributed by atoms with Gasteiger partial charge in [-0.1, -0.05) is 30.3 Å². The van der Waals surface area contributed by atoms with Gasteiger partial charge in [0.2, 0.25) is 5.84 Å². The standard InChI is InChI=1S/C18H14IN5O3S2/c19-12-6-7-14-15(8-12)29(26,27)24-16(22-14)17(25)20-9-13(18-23-21-10-28-18)11-4-2-1-3-5-11/h1-8,10,13H,9H2,(H,20,25)(H,22,24). The van der Waals surface area contributed by atoms with Crippen LogP contribution >= 0.6 is 33.9 Å². The van der Waals surface area contributed by atoms with Gasteiger partial charge in [-0.2, -0.15) is 8.42 Å². The average molecular weight is 539 g/mol. The van der Waals surface area contributed by atoms with E-state index >= 15 is 0 Å². The van der Waals surface area contributed by atoms with Gasteiger partial charge >= 0.3 is 0 Å². The van der Waals surface area contributed by atoms with Gasteiger partial charge < -0.3 is 10.6 Å². The summed E-state index contributed by atoms with van der Waals surface area (Å²) >= 11 is 3.41. The van der Waals surface area contributed by atoms with Crippen LogP contribution in [-0.4, -0.2) is 36.9 Å². The molecule has 1 amide bonds. The van der Waals surface area contributed by atoms with Crippen molar-refractivity contribution in [3.63, 3.8) is 0 Å². The SMILES string of the molecule is O=C(NCC(c1ccccc1)c1nncs1)C1=NS(=O)(=O)c2cc(I)ccc2N1. The molecule has 1 aromatic heterocycles. The van der Waals surface area contributed by atoms with Crippen LogP contribution in [0.25, 0.3) is 0 Å². The Bertz CT molecular complexity index is 1180. The minimum Gasteiger partial charge on any atom is -0.348 e. The minimum absolute atomic E-state index is 0.0528. The van der Waals surface area contributed by atoms with Gasteiger partial charge in [-0.3, -0.25) is 4.79 Å². The number of halogens is 1. The highest BCUT2D eigenvalue weighted by Gasteiger charge is 2.29. The third-order valence-electron chi connectivity index (χ3n) is 4.24. The average Bonchev–Trinajstić information content (AvgIpc) is 3.23. The van der Waals surface area contributed by atoms with Gasteiger partial charge in [-0.15, -0.1) is 25.9 Å². The molecule has 0 bridgehead atoms. The van der Waals surface area contributed by atoms with E-state index in [1.807, 2.05) is 52.9 Å². The molecule has 0 spiro atoms. The van der Waals surface area contributed by atoms with Gasteiger partial charge in [0.15, 0.2) is 0 Å². The van der Waals surface area contributed by atoms with Crippen LogP contribution < -0.4 is 10.6 Å². The first-order valence-corrected chi connectivity index (χ1v) is 11.8. The number of amidine groups is 1. The number of benzene rings is 2. The molecule has 148 valence electrons. The van der Waals surface area contributed by atoms with E-state index in [2.05, 4.69) is 25.2 Å². The molecule has 29 heavy (non-hydrogen) atoms. The van der Waals surface area contributed by atoms with E-state index in [-0.39, 0.29) is 23.2 Å². The van der Waals surface area contributed by atoms with Crippen molar-refractivity contribution in [2.45, 2.75) is 10.8 Å². The summed E-state index contributed by atoms with van der Waals surface area (Å²) in [5, 5.41) is 14.3. The predicted octanol–water partition coefficient (Wildman–Crippen LogP) is 2.60. The number of carbonyl (C=O) groups is 1. The molecule has 11 heteroatoms. The van der Waals surface area contributed by atoms with Crippen LogP contribution in [0, 0.1) is 3.57 Å². The lowest BCUT2D eigenvalue weighted by Crippen LogP contribution is -2.40. The second kappa shape index (κ2) is 8.16. The van der Waals surface area contributed by atoms with E-state index < -0.39 is 15.9 Å². The van der Waals surface area contributed by atoms with Crippen molar-refractivity contribution in [3.8, 4) is 0 Å². The van der Waals surface area contributed by atoms with Gasteiger partial charge in [0.25, 0.3) is 15.9 Å². The lowest BCUT2D eigenvalue weighted by Gasteiger charge is -2.19. The van der Waals surface area contributed by atoms with Crippen LogP contribution in [0.5, 0.6) is 0 Å². The third-order valence-corrected chi connectivity index (χ3v) is 7.04. The first-order chi connectivity index (χ1) is 13.9. The van der Waals surface area contributed by atoms with Crippen molar-refractivity contribution in [1.29, 1.82) is 0 Å². The zero-order valence-corrected chi connectivity index (χ0v) is 18.5. The first-order valence-electron chi connectivity index (χ1n) is 8.45. The van der Waals surface area contributed by atoms with Crippen molar-refractivity contribution in [1.82, 2.24) is 15.5 Å². The van der Waals surface area contributed by atoms with Crippen LogP contribution in [0.2, 0.25) is 0 Å².